The van der Waals surface area contributed by atoms with Gasteiger partial charge in [-0.1, -0.05) is 11.6 Å². The Balaban J connectivity index is 2.51. The lowest BCUT2D eigenvalue weighted by molar-refractivity contribution is 0.0828. The summed E-state index contributed by atoms with van der Waals surface area (Å²) in [6, 6.07) is 8.13. The third-order valence-electron chi connectivity index (χ3n) is 3.58. The number of rotatable bonds is 5. The van der Waals surface area contributed by atoms with Crippen LogP contribution in [0.15, 0.2) is 30.3 Å². The molecule has 2 aromatic rings. The average Bonchev–Trinajstić information content (AvgIpc) is 2.62. The van der Waals surface area contributed by atoms with Gasteiger partial charge in [-0.2, -0.15) is 0 Å². The molecule has 2 aromatic carbocycles. The van der Waals surface area contributed by atoms with Gasteiger partial charge in [-0.05, 0) is 46.9 Å². The van der Waals surface area contributed by atoms with Crippen molar-refractivity contribution in [2.45, 2.75) is 0 Å². The molecule has 0 fully saturated rings. The number of halogens is 2. The number of nitrogens with one attached hydrogen (secondary N) is 1. The third kappa shape index (κ3) is 4.39. The minimum Gasteiger partial charge on any atom is -0.493 e. The Morgan fingerprint density at radius 1 is 1.04 bits per heavy atom. The highest BCUT2D eigenvalue weighted by Crippen LogP contribution is 2.34. The Kier molecular flexibility index (Phi) is 6.71. The zero-order valence-corrected chi connectivity index (χ0v) is 17.6. The largest absolute Gasteiger partial charge is 0.493 e. The number of ether oxygens (including phenoxy) is 2. The minimum atomic E-state index is -0.378. The van der Waals surface area contributed by atoms with Crippen LogP contribution in [0.2, 0.25) is 5.02 Å². The molecule has 1 N–H and O–H groups in total. The first-order valence-electron chi connectivity index (χ1n) is 7.52. The van der Waals surface area contributed by atoms with E-state index in [1.165, 1.54) is 19.1 Å². The van der Waals surface area contributed by atoms with Crippen molar-refractivity contribution in [3.8, 4) is 11.5 Å². The molecule has 0 atom stereocenters. The van der Waals surface area contributed by atoms with Gasteiger partial charge in [0, 0.05) is 28.8 Å². The number of carbonyl (C=O) groups excluding carboxylic acids is 2. The van der Waals surface area contributed by atoms with Crippen LogP contribution in [-0.4, -0.2) is 45.0 Å². The summed E-state index contributed by atoms with van der Waals surface area (Å²) < 4.78 is 11.3. The summed E-state index contributed by atoms with van der Waals surface area (Å²) in [5, 5.41) is 3.22. The van der Waals surface area contributed by atoms with Crippen LogP contribution in [0.4, 0.5) is 5.69 Å². The Labute approximate surface area is 170 Å². The molecule has 0 bridgehead atoms. The SMILES string of the molecule is COc1cc(NC(=O)c2cc(Cl)ccc2I)c(C(=O)N(C)C)cc1OC. The van der Waals surface area contributed by atoms with Gasteiger partial charge in [-0.25, -0.2) is 0 Å². The van der Waals surface area contributed by atoms with Crippen molar-refractivity contribution in [3.05, 3.63) is 50.1 Å². The lowest BCUT2D eigenvalue weighted by Crippen LogP contribution is -2.24. The van der Waals surface area contributed by atoms with Gasteiger partial charge >= 0.3 is 0 Å². The summed E-state index contributed by atoms with van der Waals surface area (Å²) in [7, 11) is 6.22. The average molecular weight is 489 g/mol. The van der Waals surface area contributed by atoms with Gasteiger partial charge in [-0.15, -0.1) is 0 Å². The Morgan fingerprint density at radius 3 is 2.23 bits per heavy atom. The van der Waals surface area contributed by atoms with Crippen LogP contribution in [0.25, 0.3) is 0 Å². The zero-order chi connectivity index (χ0) is 19.4. The second-order valence-electron chi connectivity index (χ2n) is 5.53. The first-order valence-corrected chi connectivity index (χ1v) is 8.98. The molecule has 0 unspecified atom stereocenters. The summed E-state index contributed by atoms with van der Waals surface area (Å²) in [6.45, 7) is 0. The van der Waals surface area contributed by atoms with Crippen molar-refractivity contribution in [2.24, 2.45) is 0 Å². The predicted octanol–water partition coefficient (Wildman–Crippen LogP) is 3.92. The molecule has 0 saturated carbocycles. The lowest BCUT2D eigenvalue weighted by atomic mass is 10.1. The molecule has 0 aromatic heterocycles. The molecule has 0 saturated heterocycles. The fraction of sp³-hybridized carbons (Fsp3) is 0.222. The summed E-state index contributed by atoms with van der Waals surface area (Å²) in [6.07, 6.45) is 0. The Bertz CT molecular complexity index is 855. The van der Waals surface area contributed by atoms with Gasteiger partial charge in [0.25, 0.3) is 11.8 Å². The second kappa shape index (κ2) is 8.59. The van der Waals surface area contributed by atoms with Gasteiger partial charge in [-0.3, -0.25) is 9.59 Å². The van der Waals surface area contributed by atoms with Crippen LogP contribution in [0.1, 0.15) is 20.7 Å². The third-order valence-corrected chi connectivity index (χ3v) is 4.76. The molecule has 26 heavy (non-hydrogen) atoms. The maximum Gasteiger partial charge on any atom is 0.256 e. The van der Waals surface area contributed by atoms with Crippen molar-refractivity contribution < 1.29 is 19.1 Å². The molecule has 6 nitrogen and oxygen atoms in total. The number of hydrogen-bond donors (Lipinski definition) is 1. The number of anilines is 1. The predicted molar refractivity (Wildman–Crippen MR) is 110 cm³/mol. The van der Waals surface area contributed by atoms with Crippen molar-refractivity contribution in [3.63, 3.8) is 0 Å². The molecule has 2 amide bonds. The van der Waals surface area contributed by atoms with Crippen LogP contribution in [-0.2, 0) is 0 Å². The van der Waals surface area contributed by atoms with E-state index in [1.807, 2.05) is 0 Å². The zero-order valence-electron chi connectivity index (χ0n) is 14.7. The van der Waals surface area contributed by atoms with Gasteiger partial charge in [0.1, 0.15) is 0 Å². The molecule has 138 valence electrons. The minimum absolute atomic E-state index is 0.276. The van der Waals surface area contributed by atoms with Crippen LogP contribution in [0.5, 0.6) is 11.5 Å². The number of carbonyl (C=O) groups is 2. The molecule has 0 aliphatic carbocycles. The first kappa shape index (κ1) is 20.3. The van der Waals surface area contributed by atoms with E-state index < -0.39 is 0 Å². The molecular formula is C18H18ClIN2O4. The highest BCUT2D eigenvalue weighted by Gasteiger charge is 2.21. The molecule has 2 rings (SSSR count). The van der Waals surface area contributed by atoms with Crippen molar-refractivity contribution in [2.75, 3.05) is 33.6 Å². The number of methoxy groups -OCH3 is 2. The fourth-order valence-corrected chi connectivity index (χ4v) is 3.01. The molecule has 0 heterocycles. The van der Waals surface area contributed by atoms with E-state index in [0.717, 1.165) is 3.57 Å². The fourth-order valence-electron chi connectivity index (χ4n) is 2.26. The van der Waals surface area contributed by atoms with E-state index >= 15 is 0 Å². The van der Waals surface area contributed by atoms with Crippen LogP contribution >= 0.6 is 34.2 Å². The molecule has 8 heteroatoms. The van der Waals surface area contributed by atoms with Gasteiger partial charge < -0.3 is 19.7 Å². The van der Waals surface area contributed by atoms with Gasteiger partial charge in [0.05, 0.1) is 31.0 Å². The Hall–Kier alpha value is -2.00. The number of amides is 2. The number of benzene rings is 2. The van der Waals surface area contributed by atoms with E-state index in [4.69, 9.17) is 21.1 Å². The Morgan fingerprint density at radius 2 is 1.65 bits per heavy atom. The van der Waals surface area contributed by atoms with Crippen molar-refractivity contribution in [1.29, 1.82) is 0 Å². The van der Waals surface area contributed by atoms with E-state index in [9.17, 15) is 9.59 Å². The molecular weight excluding hydrogens is 471 g/mol. The summed E-state index contributed by atoms with van der Waals surface area (Å²) >= 11 is 8.05. The van der Waals surface area contributed by atoms with Gasteiger partial charge in [0.15, 0.2) is 11.5 Å². The van der Waals surface area contributed by atoms with Crippen LogP contribution in [0.3, 0.4) is 0 Å². The molecule has 0 radical (unpaired) electrons. The number of nitrogens with zero attached hydrogens (tertiary/aromatic N) is 1. The highest BCUT2D eigenvalue weighted by molar-refractivity contribution is 14.1. The number of hydrogen-bond acceptors (Lipinski definition) is 4. The van der Waals surface area contributed by atoms with E-state index in [0.29, 0.717) is 27.8 Å². The van der Waals surface area contributed by atoms with Crippen LogP contribution in [0, 0.1) is 3.57 Å². The van der Waals surface area contributed by atoms with Crippen molar-refractivity contribution >= 4 is 51.7 Å². The molecule has 0 aliphatic heterocycles. The molecule has 0 aliphatic rings. The van der Waals surface area contributed by atoms with E-state index in [-0.39, 0.29) is 17.4 Å². The lowest BCUT2D eigenvalue weighted by Gasteiger charge is -2.18. The topological polar surface area (TPSA) is 67.9 Å². The maximum atomic E-state index is 12.7. The van der Waals surface area contributed by atoms with E-state index in [1.54, 1.807) is 44.4 Å². The summed E-state index contributed by atoms with van der Waals surface area (Å²) in [5.41, 5.74) is 1.02. The first-order chi connectivity index (χ1) is 12.3. The second-order valence-corrected chi connectivity index (χ2v) is 7.13. The highest BCUT2D eigenvalue weighted by atomic mass is 127. The standard InChI is InChI=1S/C18H18ClIN2O4/c1-22(2)18(24)12-8-15(25-3)16(26-4)9-14(12)21-17(23)11-7-10(19)5-6-13(11)20/h5-9H,1-4H3,(H,21,23). The maximum absolute atomic E-state index is 12.7. The summed E-state index contributed by atoms with van der Waals surface area (Å²) in [5.74, 6) is 0.144. The quantitative estimate of drug-likeness (QED) is 0.648. The van der Waals surface area contributed by atoms with Crippen molar-refractivity contribution in [1.82, 2.24) is 4.90 Å². The monoisotopic (exact) mass is 488 g/mol. The summed E-state index contributed by atoms with van der Waals surface area (Å²) in [4.78, 5) is 26.7. The normalized spacial score (nSPS) is 10.2. The smallest absolute Gasteiger partial charge is 0.256 e. The van der Waals surface area contributed by atoms with E-state index in [2.05, 4.69) is 27.9 Å². The molecule has 0 spiro atoms. The van der Waals surface area contributed by atoms with Gasteiger partial charge in [0.2, 0.25) is 0 Å². The van der Waals surface area contributed by atoms with Crippen LogP contribution < -0.4 is 14.8 Å².